The number of anilines is 1. The molecule has 7 heteroatoms. The summed E-state index contributed by atoms with van der Waals surface area (Å²) >= 11 is 0. The van der Waals surface area contributed by atoms with Gasteiger partial charge in [-0.2, -0.15) is 5.10 Å². The van der Waals surface area contributed by atoms with E-state index in [1.165, 1.54) is 23.6 Å². The van der Waals surface area contributed by atoms with Crippen molar-refractivity contribution in [2.45, 2.75) is 31.7 Å². The zero-order valence-corrected chi connectivity index (χ0v) is 10.7. The van der Waals surface area contributed by atoms with Crippen LogP contribution in [0.3, 0.4) is 0 Å². The second kappa shape index (κ2) is 5.00. The average Bonchev–Trinajstić information content (AvgIpc) is 2.81. The first-order valence-electron chi connectivity index (χ1n) is 6.67. The van der Waals surface area contributed by atoms with Crippen LogP contribution in [0.2, 0.25) is 0 Å². The number of H-pyrrole nitrogens is 1. The van der Waals surface area contributed by atoms with E-state index in [1.807, 2.05) is 0 Å². The minimum atomic E-state index is -0.272. The molecule has 3 rings (SSSR count). The van der Waals surface area contributed by atoms with Crippen LogP contribution in [0, 0.1) is 5.92 Å². The van der Waals surface area contributed by atoms with Crippen molar-refractivity contribution in [3.63, 3.8) is 0 Å². The first-order chi connectivity index (χ1) is 9.28. The van der Waals surface area contributed by atoms with Gasteiger partial charge in [0.1, 0.15) is 12.1 Å². The van der Waals surface area contributed by atoms with Crippen molar-refractivity contribution in [3.05, 3.63) is 22.9 Å². The fourth-order valence-electron chi connectivity index (χ4n) is 2.76. The summed E-state index contributed by atoms with van der Waals surface area (Å²) in [7, 11) is 0. The fraction of sp³-hybridized carbons (Fsp3) is 0.583. The van der Waals surface area contributed by atoms with Crippen LogP contribution in [0.25, 0.3) is 5.65 Å². The van der Waals surface area contributed by atoms with Gasteiger partial charge in [-0.25, -0.2) is 19.3 Å². The molecule has 0 spiro atoms. The van der Waals surface area contributed by atoms with Gasteiger partial charge in [0.15, 0.2) is 5.65 Å². The molecule has 2 aromatic rings. The van der Waals surface area contributed by atoms with Gasteiger partial charge in [-0.1, -0.05) is 12.8 Å². The number of hydrogen-bond donors (Lipinski definition) is 3. The van der Waals surface area contributed by atoms with Crippen LogP contribution in [-0.2, 0) is 0 Å². The van der Waals surface area contributed by atoms with Crippen LogP contribution in [0.5, 0.6) is 0 Å². The smallest absolute Gasteiger partial charge is 0.348 e. The maximum atomic E-state index is 11.3. The number of fused-ring (bicyclic) bond motifs is 1. The Kier molecular flexibility index (Phi) is 3.20. The number of aromatic nitrogens is 4. The fourth-order valence-corrected chi connectivity index (χ4v) is 2.76. The van der Waals surface area contributed by atoms with E-state index in [9.17, 15) is 4.79 Å². The SMILES string of the molecule is NCC1CCCCC1Nc1cc2n[nH]c(=O)n2cn1. The molecule has 0 aromatic carbocycles. The van der Waals surface area contributed by atoms with Crippen molar-refractivity contribution in [1.82, 2.24) is 19.6 Å². The lowest BCUT2D eigenvalue weighted by Gasteiger charge is -2.31. The molecule has 2 atom stereocenters. The average molecular weight is 262 g/mol. The number of nitrogens with one attached hydrogen (secondary N) is 2. The summed E-state index contributed by atoms with van der Waals surface area (Å²) in [4.78, 5) is 15.6. The van der Waals surface area contributed by atoms with Crippen LogP contribution >= 0.6 is 0 Å². The molecule has 0 saturated heterocycles. The van der Waals surface area contributed by atoms with E-state index in [-0.39, 0.29) is 5.69 Å². The first kappa shape index (κ1) is 12.2. The summed E-state index contributed by atoms with van der Waals surface area (Å²) in [5.74, 6) is 1.24. The van der Waals surface area contributed by atoms with Gasteiger partial charge < -0.3 is 11.1 Å². The minimum absolute atomic E-state index is 0.272. The summed E-state index contributed by atoms with van der Waals surface area (Å²) in [6.07, 6.45) is 6.24. The van der Waals surface area contributed by atoms with Crippen molar-refractivity contribution in [2.24, 2.45) is 11.7 Å². The molecule has 7 nitrogen and oxygen atoms in total. The predicted molar refractivity (Wildman–Crippen MR) is 72.0 cm³/mol. The maximum Gasteiger partial charge on any atom is 0.348 e. The van der Waals surface area contributed by atoms with E-state index in [4.69, 9.17) is 5.73 Å². The molecule has 2 unspecified atom stereocenters. The molecule has 2 aromatic heterocycles. The highest BCUT2D eigenvalue weighted by atomic mass is 16.1. The predicted octanol–water partition coefficient (Wildman–Crippen LogP) is 0.347. The Hall–Kier alpha value is -1.89. The largest absolute Gasteiger partial charge is 0.367 e. The third kappa shape index (κ3) is 2.33. The highest BCUT2D eigenvalue weighted by molar-refractivity contribution is 5.48. The highest BCUT2D eigenvalue weighted by Gasteiger charge is 2.24. The zero-order chi connectivity index (χ0) is 13.2. The molecule has 0 aliphatic heterocycles. The third-order valence-electron chi connectivity index (χ3n) is 3.85. The Bertz CT molecular complexity index is 618. The lowest BCUT2D eigenvalue weighted by Crippen LogP contribution is -2.37. The topological polar surface area (TPSA) is 101 Å². The van der Waals surface area contributed by atoms with Crippen molar-refractivity contribution >= 4 is 11.5 Å². The molecule has 0 bridgehead atoms. The summed E-state index contributed by atoms with van der Waals surface area (Å²) in [5.41, 5.74) is 6.12. The molecule has 1 aliphatic rings. The molecule has 4 N–H and O–H groups in total. The summed E-state index contributed by atoms with van der Waals surface area (Å²) in [6, 6.07) is 2.14. The quantitative estimate of drug-likeness (QED) is 0.740. The highest BCUT2D eigenvalue weighted by Crippen LogP contribution is 2.26. The van der Waals surface area contributed by atoms with Gasteiger partial charge in [0, 0.05) is 12.1 Å². The van der Waals surface area contributed by atoms with Gasteiger partial charge in [0.05, 0.1) is 0 Å². The summed E-state index contributed by atoms with van der Waals surface area (Å²) in [6.45, 7) is 0.696. The van der Waals surface area contributed by atoms with Gasteiger partial charge >= 0.3 is 5.69 Å². The second-order valence-electron chi connectivity index (χ2n) is 5.06. The van der Waals surface area contributed by atoms with Gasteiger partial charge in [-0.05, 0) is 25.3 Å². The maximum absolute atomic E-state index is 11.3. The van der Waals surface area contributed by atoms with Crippen LogP contribution in [0.4, 0.5) is 5.82 Å². The monoisotopic (exact) mass is 262 g/mol. The Labute approximate surface area is 110 Å². The van der Waals surface area contributed by atoms with Crippen LogP contribution in [0.1, 0.15) is 25.7 Å². The van der Waals surface area contributed by atoms with E-state index in [0.717, 1.165) is 18.7 Å². The van der Waals surface area contributed by atoms with Crippen molar-refractivity contribution in [1.29, 1.82) is 0 Å². The number of aromatic amines is 1. The molecule has 0 radical (unpaired) electrons. The van der Waals surface area contributed by atoms with E-state index in [1.54, 1.807) is 6.07 Å². The zero-order valence-electron chi connectivity index (χ0n) is 10.7. The third-order valence-corrected chi connectivity index (χ3v) is 3.85. The minimum Gasteiger partial charge on any atom is -0.367 e. The lowest BCUT2D eigenvalue weighted by atomic mass is 9.84. The summed E-state index contributed by atoms with van der Waals surface area (Å²) in [5, 5.41) is 9.75. The molecule has 102 valence electrons. The van der Waals surface area contributed by atoms with E-state index < -0.39 is 0 Å². The number of rotatable bonds is 3. The Morgan fingerprint density at radius 1 is 1.47 bits per heavy atom. The Morgan fingerprint density at radius 3 is 3.16 bits per heavy atom. The molecule has 1 saturated carbocycles. The van der Waals surface area contributed by atoms with Crippen molar-refractivity contribution < 1.29 is 0 Å². The lowest BCUT2D eigenvalue weighted by molar-refractivity contribution is 0.332. The standard InChI is InChI=1S/C12H18N6O/c13-6-8-3-1-2-4-9(8)15-10-5-11-16-17-12(19)18(11)7-14-10/h5,7-9,15H,1-4,6,13H2,(H,17,19). The van der Waals surface area contributed by atoms with E-state index in [0.29, 0.717) is 24.2 Å². The van der Waals surface area contributed by atoms with Crippen LogP contribution in [0.15, 0.2) is 17.2 Å². The first-order valence-corrected chi connectivity index (χ1v) is 6.67. The van der Waals surface area contributed by atoms with Gasteiger partial charge in [-0.15, -0.1) is 0 Å². The summed E-state index contributed by atoms with van der Waals surface area (Å²) < 4.78 is 1.38. The van der Waals surface area contributed by atoms with Gasteiger partial charge in [0.25, 0.3) is 0 Å². The van der Waals surface area contributed by atoms with Crippen molar-refractivity contribution in [2.75, 3.05) is 11.9 Å². The second-order valence-corrected chi connectivity index (χ2v) is 5.06. The van der Waals surface area contributed by atoms with E-state index >= 15 is 0 Å². The number of hydrogen-bond acceptors (Lipinski definition) is 5. The number of nitrogens with zero attached hydrogens (tertiary/aromatic N) is 3. The molecule has 1 fully saturated rings. The molecule has 19 heavy (non-hydrogen) atoms. The van der Waals surface area contributed by atoms with Gasteiger partial charge in [-0.3, -0.25) is 0 Å². The Morgan fingerprint density at radius 2 is 2.32 bits per heavy atom. The molecular weight excluding hydrogens is 244 g/mol. The van der Waals surface area contributed by atoms with E-state index in [2.05, 4.69) is 20.5 Å². The molecule has 0 amide bonds. The van der Waals surface area contributed by atoms with Crippen molar-refractivity contribution in [3.8, 4) is 0 Å². The molecular formula is C12H18N6O. The molecule has 2 heterocycles. The Balaban J connectivity index is 1.82. The normalized spacial score (nSPS) is 23.6. The van der Waals surface area contributed by atoms with Gasteiger partial charge in [0.2, 0.25) is 0 Å². The van der Waals surface area contributed by atoms with Crippen LogP contribution in [-0.4, -0.2) is 32.2 Å². The number of nitrogens with two attached hydrogens (primary N) is 1. The van der Waals surface area contributed by atoms with Crippen LogP contribution < -0.4 is 16.7 Å². The molecule has 1 aliphatic carbocycles.